The fourth-order valence-corrected chi connectivity index (χ4v) is 1.18. The Hall–Kier alpha value is -0.640. The van der Waals surface area contributed by atoms with Crippen LogP contribution in [-0.2, 0) is 11.3 Å². The van der Waals surface area contributed by atoms with E-state index in [4.69, 9.17) is 22.1 Å². The van der Waals surface area contributed by atoms with Gasteiger partial charge in [0.05, 0.1) is 12.7 Å². The Kier molecular flexibility index (Phi) is 4.32. The first-order chi connectivity index (χ1) is 6.65. The van der Waals surface area contributed by atoms with Crippen molar-refractivity contribution in [1.82, 2.24) is 0 Å². The van der Waals surface area contributed by atoms with Crippen molar-refractivity contribution in [2.24, 2.45) is 5.73 Å². The van der Waals surface area contributed by atoms with Crippen molar-refractivity contribution in [2.45, 2.75) is 19.6 Å². The van der Waals surface area contributed by atoms with Gasteiger partial charge in [0.2, 0.25) is 0 Å². The number of benzene rings is 1. The predicted molar refractivity (Wildman–Crippen MR) is 54.7 cm³/mol. The van der Waals surface area contributed by atoms with Crippen LogP contribution in [0.2, 0.25) is 5.02 Å². The Morgan fingerprint density at radius 3 is 2.86 bits per heavy atom. The molecular formula is C10H13ClFNO. The highest BCUT2D eigenvalue weighted by atomic mass is 35.5. The minimum absolute atomic E-state index is 0.0920. The molecule has 0 fully saturated rings. The zero-order valence-corrected chi connectivity index (χ0v) is 8.72. The van der Waals surface area contributed by atoms with Crippen LogP contribution < -0.4 is 5.73 Å². The molecule has 0 amide bonds. The van der Waals surface area contributed by atoms with Crippen LogP contribution in [0.5, 0.6) is 0 Å². The van der Waals surface area contributed by atoms with E-state index in [1.807, 2.05) is 6.92 Å². The number of nitrogens with two attached hydrogens (primary N) is 1. The summed E-state index contributed by atoms with van der Waals surface area (Å²) in [5.74, 6) is -0.346. The van der Waals surface area contributed by atoms with Crippen LogP contribution in [0.25, 0.3) is 0 Å². The molecule has 4 heteroatoms. The summed E-state index contributed by atoms with van der Waals surface area (Å²) in [7, 11) is 0. The van der Waals surface area contributed by atoms with Gasteiger partial charge in [-0.2, -0.15) is 0 Å². The zero-order valence-electron chi connectivity index (χ0n) is 7.97. The second kappa shape index (κ2) is 5.29. The topological polar surface area (TPSA) is 35.2 Å². The number of halogens is 2. The first-order valence-corrected chi connectivity index (χ1v) is 4.77. The molecule has 0 spiro atoms. The van der Waals surface area contributed by atoms with Crippen LogP contribution in [0.4, 0.5) is 4.39 Å². The summed E-state index contributed by atoms with van der Waals surface area (Å²) in [6, 6.07) is 4.56. The monoisotopic (exact) mass is 217 g/mol. The standard InChI is InChI=1S/C10H13ClFNO/c1-7(5-13)14-6-8-9(11)3-2-4-10(8)12/h2-4,7H,5-6,13H2,1H3. The minimum Gasteiger partial charge on any atom is -0.372 e. The Balaban J connectivity index is 2.66. The summed E-state index contributed by atoms with van der Waals surface area (Å²) in [6.07, 6.45) is -0.0920. The van der Waals surface area contributed by atoms with Crippen molar-refractivity contribution >= 4 is 11.6 Å². The van der Waals surface area contributed by atoms with Gasteiger partial charge >= 0.3 is 0 Å². The third kappa shape index (κ3) is 2.94. The summed E-state index contributed by atoms with van der Waals surface area (Å²) < 4.78 is 18.5. The molecule has 14 heavy (non-hydrogen) atoms. The summed E-state index contributed by atoms with van der Waals surface area (Å²) in [5, 5.41) is 0.384. The molecule has 0 saturated carbocycles. The summed E-state index contributed by atoms with van der Waals surface area (Å²) in [5.41, 5.74) is 5.74. The predicted octanol–water partition coefficient (Wildman–Crippen LogP) is 2.34. The summed E-state index contributed by atoms with van der Waals surface area (Å²) in [4.78, 5) is 0. The van der Waals surface area contributed by atoms with Gasteiger partial charge in [0, 0.05) is 17.1 Å². The number of hydrogen-bond acceptors (Lipinski definition) is 2. The van der Waals surface area contributed by atoms with E-state index in [9.17, 15) is 4.39 Å². The maximum Gasteiger partial charge on any atom is 0.130 e. The minimum atomic E-state index is -0.346. The molecule has 0 aromatic heterocycles. The van der Waals surface area contributed by atoms with E-state index in [-0.39, 0.29) is 18.5 Å². The van der Waals surface area contributed by atoms with E-state index < -0.39 is 0 Å². The number of rotatable bonds is 4. The highest BCUT2D eigenvalue weighted by molar-refractivity contribution is 6.31. The van der Waals surface area contributed by atoms with Crippen LogP contribution >= 0.6 is 11.6 Å². The zero-order chi connectivity index (χ0) is 10.6. The summed E-state index contributed by atoms with van der Waals surface area (Å²) >= 11 is 5.80. The second-order valence-corrected chi connectivity index (χ2v) is 3.46. The van der Waals surface area contributed by atoms with E-state index in [0.29, 0.717) is 17.1 Å². The molecule has 1 atom stereocenters. The molecule has 1 unspecified atom stereocenters. The molecule has 1 aromatic carbocycles. The van der Waals surface area contributed by atoms with Crippen LogP contribution in [0, 0.1) is 5.82 Å². The molecule has 2 nitrogen and oxygen atoms in total. The number of hydrogen-bond donors (Lipinski definition) is 1. The smallest absolute Gasteiger partial charge is 0.130 e. The number of ether oxygens (including phenoxy) is 1. The fraction of sp³-hybridized carbons (Fsp3) is 0.400. The lowest BCUT2D eigenvalue weighted by Crippen LogP contribution is -2.20. The Labute approximate surface area is 87.8 Å². The third-order valence-electron chi connectivity index (χ3n) is 1.91. The first-order valence-electron chi connectivity index (χ1n) is 4.39. The molecule has 1 rings (SSSR count). The lowest BCUT2D eigenvalue weighted by Gasteiger charge is -2.11. The highest BCUT2D eigenvalue weighted by Crippen LogP contribution is 2.19. The Morgan fingerprint density at radius 2 is 2.29 bits per heavy atom. The van der Waals surface area contributed by atoms with Crippen molar-refractivity contribution in [3.05, 3.63) is 34.6 Å². The van der Waals surface area contributed by atoms with Gasteiger partial charge in [-0.25, -0.2) is 4.39 Å². The quantitative estimate of drug-likeness (QED) is 0.840. The van der Waals surface area contributed by atoms with Crippen molar-refractivity contribution < 1.29 is 9.13 Å². The second-order valence-electron chi connectivity index (χ2n) is 3.06. The Bertz CT molecular complexity index is 286. The van der Waals surface area contributed by atoms with Gasteiger partial charge in [-0.1, -0.05) is 17.7 Å². The van der Waals surface area contributed by atoms with Crippen LogP contribution in [0.3, 0.4) is 0 Å². The van der Waals surface area contributed by atoms with E-state index in [0.717, 1.165) is 0 Å². The lowest BCUT2D eigenvalue weighted by atomic mass is 10.2. The molecular weight excluding hydrogens is 205 g/mol. The third-order valence-corrected chi connectivity index (χ3v) is 2.26. The van der Waals surface area contributed by atoms with Crippen LogP contribution in [0.15, 0.2) is 18.2 Å². The van der Waals surface area contributed by atoms with Gasteiger partial charge in [-0.05, 0) is 19.1 Å². The molecule has 2 N–H and O–H groups in total. The molecule has 0 saturated heterocycles. The highest BCUT2D eigenvalue weighted by Gasteiger charge is 2.08. The molecule has 0 bridgehead atoms. The molecule has 0 aliphatic carbocycles. The molecule has 1 aromatic rings. The van der Waals surface area contributed by atoms with Crippen molar-refractivity contribution in [3.63, 3.8) is 0 Å². The molecule has 0 aliphatic rings. The molecule has 0 aliphatic heterocycles. The lowest BCUT2D eigenvalue weighted by molar-refractivity contribution is 0.0573. The SMILES string of the molecule is CC(CN)OCc1c(F)cccc1Cl. The van der Waals surface area contributed by atoms with E-state index >= 15 is 0 Å². The first kappa shape index (κ1) is 11.4. The summed E-state index contributed by atoms with van der Waals surface area (Å²) in [6.45, 7) is 2.39. The van der Waals surface area contributed by atoms with Gasteiger partial charge in [-0.15, -0.1) is 0 Å². The average Bonchev–Trinajstić information content (AvgIpc) is 2.16. The molecule has 0 radical (unpaired) electrons. The van der Waals surface area contributed by atoms with E-state index in [1.54, 1.807) is 12.1 Å². The van der Waals surface area contributed by atoms with E-state index in [2.05, 4.69) is 0 Å². The van der Waals surface area contributed by atoms with Gasteiger partial charge in [0.1, 0.15) is 5.82 Å². The Morgan fingerprint density at radius 1 is 1.57 bits per heavy atom. The molecule has 78 valence electrons. The van der Waals surface area contributed by atoms with Crippen LogP contribution in [0.1, 0.15) is 12.5 Å². The fourth-order valence-electron chi connectivity index (χ4n) is 0.964. The maximum absolute atomic E-state index is 13.2. The van der Waals surface area contributed by atoms with E-state index in [1.165, 1.54) is 6.07 Å². The van der Waals surface area contributed by atoms with Gasteiger partial charge < -0.3 is 10.5 Å². The average molecular weight is 218 g/mol. The normalized spacial score (nSPS) is 12.9. The van der Waals surface area contributed by atoms with Crippen molar-refractivity contribution in [3.8, 4) is 0 Å². The maximum atomic E-state index is 13.2. The van der Waals surface area contributed by atoms with Gasteiger partial charge in [0.15, 0.2) is 0 Å². The van der Waals surface area contributed by atoms with Gasteiger partial charge in [-0.3, -0.25) is 0 Å². The van der Waals surface area contributed by atoms with Crippen LogP contribution in [-0.4, -0.2) is 12.6 Å². The van der Waals surface area contributed by atoms with Crippen molar-refractivity contribution in [2.75, 3.05) is 6.54 Å². The van der Waals surface area contributed by atoms with Gasteiger partial charge in [0.25, 0.3) is 0 Å². The van der Waals surface area contributed by atoms with Crippen molar-refractivity contribution in [1.29, 1.82) is 0 Å². The molecule has 0 heterocycles. The largest absolute Gasteiger partial charge is 0.372 e.